The summed E-state index contributed by atoms with van der Waals surface area (Å²) < 4.78 is 0. The van der Waals surface area contributed by atoms with E-state index >= 15 is 0 Å². The smallest absolute Gasteiger partial charge is 0.226 e. The molecule has 0 aliphatic carbocycles. The maximum atomic E-state index is 5.96. The van der Waals surface area contributed by atoms with Crippen LogP contribution in [0.3, 0.4) is 0 Å². The van der Waals surface area contributed by atoms with Gasteiger partial charge >= 0.3 is 0 Å². The number of pyridine rings is 1. The van der Waals surface area contributed by atoms with Crippen molar-refractivity contribution in [2.24, 2.45) is 10.7 Å². The van der Waals surface area contributed by atoms with Crippen LogP contribution in [0.5, 0.6) is 0 Å². The van der Waals surface area contributed by atoms with Crippen molar-refractivity contribution in [1.82, 2.24) is 10.3 Å². The van der Waals surface area contributed by atoms with Crippen LogP contribution >= 0.6 is 0 Å². The summed E-state index contributed by atoms with van der Waals surface area (Å²) in [5.74, 6) is -0.907. The van der Waals surface area contributed by atoms with E-state index < -0.39 is 5.79 Å². The molecule has 0 radical (unpaired) electrons. The predicted octanol–water partition coefficient (Wildman–Crippen LogP) is 0.338. The molecule has 1 unspecified atom stereocenters. The van der Waals surface area contributed by atoms with Crippen molar-refractivity contribution in [3.63, 3.8) is 0 Å². The van der Waals surface area contributed by atoms with Gasteiger partial charge in [0.2, 0.25) is 5.79 Å². The summed E-state index contributed by atoms with van der Waals surface area (Å²) in [5.41, 5.74) is 6.66. The van der Waals surface area contributed by atoms with E-state index in [1.165, 1.54) is 0 Å². The van der Waals surface area contributed by atoms with E-state index in [0.717, 1.165) is 0 Å². The van der Waals surface area contributed by atoms with Crippen molar-refractivity contribution in [3.05, 3.63) is 42.4 Å². The number of nitrogens with one attached hydrogen (secondary N) is 1. The lowest BCUT2D eigenvalue weighted by atomic mass is 10.2. The molecule has 0 saturated carbocycles. The van der Waals surface area contributed by atoms with Gasteiger partial charge in [0.1, 0.15) is 5.69 Å². The minimum Gasteiger partial charge on any atom is -0.350 e. The molecular weight excluding hydrogens is 164 g/mol. The quantitative estimate of drug-likeness (QED) is 0.645. The van der Waals surface area contributed by atoms with E-state index in [0.29, 0.717) is 5.69 Å². The van der Waals surface area contributed by atoms with Crippen molar-refractivity contribution < 1.29 is 0 Å². The fourth-order valence-electron chi connectivity index (χ4n) is 1.14. The molecule has 3 N–H and O–H groups in total. The van der Waals surface area contributed by atoms with Crippen LogP contribution in [0.25, 0.3) is 0 Å². The Hall–Kier alpha value is -1.68. The van der Waals surface area contributed by atoms with Crippen LogP contribution in [-0.4, -0.2) is 11.2 Å². The van der Waals surface area contributed by atoms with Gasteiger partial charge < -0.3 is 5.32 Å². The highest BCUT2D eigenvalue weighted by Crippen LogP contribution is 2.14. The third kappa shape index (κ3) is 1.43. The summed E-state index contributed by atoms with van der Waals surface area (Å²) in [4.78, 5) is 8.26. The highest BCUT2D eigenvalue weighted by Gasteiger charge is 2.26. The van der Waals surface area contributed by atoms with Gasteiger partial charge in [-0.25, -0.2) is 4.99 Å². The summed E-state index contributed by atoms with van der Waals surface area (Å²) in [6.07, 6.45) is 6.89. The largest absolute Gasteiger partial charge is 0.350 e. The number of aromatic nitrogens is 1. The molecule has 13 heavy (non-hydrogen) atoms. The van der Waals surface area contributed by atoms with Gasteiger partial charge in [0, 0.05) is 18.6 Å². The third-order valence-electron chi connectivity index (χ3n) is 1.82. The number of aliphatic imine (C=N–C) groups is 1. The predicted molar refractivity (Wildman–Crippen MR) is 50.9 cm³/mol. The van der Waals surface area contributed by atoms with E-state index in [1.54, 1.807) is 24.7 Å². The molecule has 1 aromatic rings. The molecule has 1 aromatic heterocycles. The molecule has 0 spiro atoms. The molecule has 1 aliphatic rings. The zero-order valence-electron chi connectivity index (χ0n) is 7.01. The number of allylic oxidation sites excluding steroid dienone is 1. The fourth-order valence-corrected chi connectivity index (χ4v) is 1.14. The lowest BCUT2D eigenvalue weighted by molar-refractivity contribution is 0.400. The Morgan fingerprint density at radius 3 is 2.92 bits per heavy atom. The Morgan fingerprint density at radius 2 is 2.31 bits per heavy atom. The average Bonchev–Trinajstić information content (AvgIpc) is 2.20. The Labute approximate surface area is 76.2 Å². The summed E-state index contributed by atoms with van der Waals surface area (Å²) in [7, 11) is 0. The average molecular weight is 174 g/mol. The van der Waals surface area contributed by atoms with Gasteiger partial charge in [0.25, 0.3) is 0 Å². The van der Waals surface area contributed by atoms with E-state index in [1.807, 2.05) is 18.2 Å². The van der Waals surface area contributed by atoms with Gasteiger partial charge in [-0.15, -0.1) is 0 Å². The van der Waals surface area contributed by atoms with Gasteiger partial charge in [0.05, 0.1) is 0 Å². The number of hydrogen-bond acceptors (Lipinski definition) is 4. The molecule has 66 valence electrons. The Balaban J connectivity index is 2.35. The monoisotopic (exact) mass is 174 g/mol. The molecule has 4 heteroatoms. The van der Waals surface area contributed by atoms with Crippen molar-refractivity contribution in [3.8, 4) is 0 Å². The van der Waals surface area contributed by atoms with Gasteiger partial charge in [-0.2, -0.15) is 0 Å². The van der Waals surface area contributed by atoms with E-state index in [-0.39, 0.29) is 0 Å². The van der Waals surface area contributed by atoms with Crippen molar-refractivity contribution in [1.29, 1.82) is 0 Å². The highest BCUT2D eigenvalue weighted by molar-refractivity contribution is 5.72. The van der Waals surface area contributed by atoms with Gasteiger partial charge in [-0.3, -0.25) is 10.7 Å². The van der Waals surface area contributed by atoms with Crippen LogP contribution in [0.4, 0.5) is 0 Å². The molecule has 2 rings (SSSR count). The van der Waals surface area contributed by atoms with E-state index in [2.05, 4.69) is 15.3 Å². The first kappa shape index (κ1) is 7.94. The Bertz CT molecular complexity index is 344. The Kier molecular flexibility index (Phi) is 1.83. The second-order valence-electron chi connectivity index (χ2n) is 2.76. The maximum absolute atomic E-state index is 5.96. The van der Waals surface area contributed by atoms with Crippen LogP contribution in [0.2, 0.25) is 0 Å². The molecule has 0 aromatic carbocycles. The summed E-state index contributed by atoms with van der Waals surface area (Å²) in [6, 6.07) is 5.56. The fraction of sp³-hybridized carbons (Fsp3) is 0.111. The third-order valence-corrected chi connectivity index (χ3v) is 1.82. The summed E-state index contributed by atoms with van der Waals surface area (Å²) >= 11 is 0. The standard InChI is InChI=1S/C9H10N4/c10-9(12-6-3-7-13-9)8-4-1-2-5-11-8/h1-7,12H,10H2. The molecule has 1 atom stereocenters. The van der Waals surface area contributed by atoms with Crippen LogP contribution in [0.15, 0.2) is 41.7 Å². The lowest BCUT2D eigenvalue weighted by Gasteiger charge is -2.26. The molecule has 0 fully saturated rings. The van der Waals surface area contributed by atoms with Gasteiger partial charge in [-0.1, -0.05) is 6.07 Å². The van der Waals surface area contributed by atoms with E-state index in [4.69, 9.17) is 5.73 Å². The first-order valence-electron chi connectivity index (χ1n) is 4.00. The lowest BCUT2D eigenvalue weighted by Crippen LogP contribution is -2.48. The SMILES string of the molecule is NC1(c2ccccn2)N=CC=CN1. The highest BCUT2D eigenvalue weighted by atomic mass is 15.3. The molecule has 4 nitrogen and oxygen atoms in total. The summed E-state index contributed by atoms with van der Waals surface area (Å²) in [5, 5.41) is 2.95. The first-order valence-corrected chi connectivity index (χ1v) is 4.00. The van der Waals surface area contributed by atoms with Crippen LogP contribution < -0.4 is 11.1 Å². The molecule has 0 amide bonds. The van der Waals surface area contributed by atoms with Gasteiger partial charge in [-0.05, 0) is 18.2 Å². The number of nitrogens with zero attached hydrogens (tertiary/aromatic N) is 2. The number of hydrogen-bond donors (Lipinski definition) is 2. The first-order chi connectivity index (χ1) is 6.31. The normalized spacial score (nSPS) is 25.6. The van der Waals surface area contributed by atoms with Crippen molar-refractivity contribution in [2.45, 2.75) is 5.79 Å². The molecule has 0 bridgehead atoms. The molecule has 1 aliphatic heterocycles. The number of nitrogens with two attached hydrogens (primary N) is 1. The van der Waals surface area contributed by atoms with Crippen LogP contribution in [0.1, 0.15) is 5.69 Å². The number of rotatable bonds is 1. The minimum absolute atomic E-state index is 0.704. The summed E-state index contributed by atoms with van der Waals surface area (Å²) in [6.45, 7) is 0. The maximum Gasteiger partial charge on any atom is 0.226 e. The molecule has 2 heterocycles. The van der Waals surface area contributed by atoms with E-state index in [9.17, 15) is 0 Å². The zero-order chi connectivity index (χ0) is 9.15. The zero-order valence-corrected chi connectivity index (χ0v) is 7.01. The minimum atomic E-state index is -0.907. The topological polar surface area (TPSA) is 63.3 Å². The van der Waals surface area contributed by atoms with Crippen LogP contribution in [0, 0.1) is 0 Å². The van der Waals surface area contributed by atoms with Crippen molar-refractivity contribution in [2.75, 3.05) is 0 Å². The molecular formula is C9H10N4. The van der Waals surface area contributed by atoms with Gasteiger partial charge in [0.15, 0.2) is 0 Å². The van der Waals surface area contributed by atoms with Crippen molar-refractivity contribution >= 4 is 6.21 Å². The Morgan fingerprint density at radius 1 is 1.38 bits per heavy atom. The van der Waals surface area contributed by atoms with Crippen LogP contribution in [-0.2, 0) is 5.79 Å². The second kappa shape index (κ2) is 2.99. The second-order valence-corrected chi connectivity index (χ2v) is 2.76. The molecule has 0 saturated heterocycles.